The number of rotatable bonds is 2. The number of hydrogen-bond acceptors (Lipinski definition) is 2. The second kappa shape index (κ2) is 5.40. The van der Waals surface area contributed by atoms with Crippen LogP contribution in [0.25, 0.3) is 0 Å². The monoisotopic (exact) mass is 296 g/mol. The van der Waals surface area contributed by atoms with Crippen molar-refractivity contribution in [1.29, 1.82) is 0 Å². The van der Waals surface area contributed by atoms with Gasteiger partial charge in [0.25, 0.3) is 0 Å². The van der Waals surface area contributed by atoms with E-state index in [4.69, 9.17) is 5.73 Å². The van der Waals surface area contributed by atoms with Gasteiger partial charge in [0.05, 0.1) is 0 Å². The molecule has 0 amide bonds. The van der Waals surface area contributed by atoms with Crippen LogP contribution in [-0.2, 0) is 6.54 Å². The molecule has 0 bridgehead atoms. The molecule has 94 valence electrons. The molecule has 0 saturated carbocycles. The lowest BCUT2D eigenvalue weighted by molar-refractivity contribution is 0.132. The second-order valence-electron chi connectivity index (χ2n) is 5.33. The summed E-state index contributed by atoms with van der Waals surface area (Å²) in [5.74, 6) is 1.67. The molecule has 2 N–H and O–H groups in total. The first-order valence-electron chi connectivity index (χ1n) is 6.32. The molecular weight excluding hydrogens is 276 g/mol. The van der Waals surface area contributed by atoms with E-state index in [2.05, 4.69) is 46.8 Å². The molecule has 2 rings (SSSR count). The first kappa shape index (κ1) is 12.9. The summed E-state index contributed by atoms with van der Waals surface area (Å²) in [7, 11) is 0. The van der Waals surface area contributed by atoms with Crippen molar-refractivity contribution in [1.82, 2.24) is 4.90 Å². The number of benzene rings is 1. The number of halogens is 1. The molecule has 2 atom stereocenters. The summed E-state index contributed by atoms with van der Waals surface area (Å²) in [6, 6.07) is 6.25. The Morgan fingerprint density at radius 2 is 2.12 bits per heavy atom. The van der Waals surface area contributed by atoms with Gasteiger partial charge in [-0.3, -0.25) is 4.90 Å². The van der Waals surface area contributed by atoms with Crippen LogP contribution in [0.4, 0.5) is 5.69 Å². The fourth-order valence-corrected chi connectivity index (χ4v) is 2.85. The van der Waals surface area contributed by atoms with Crippen LogP contribution in [0, 0.1) is 11.8 Å². The number of anilines is 1. The smallest absolute Gasteiger partial charge is 0.0458 e. The molecule has 1 heterocycles. The van der Waals surface area contributed by atoms with Gasteiger partial charge >= 0.3 is 0 Å². The van der Waals surface area contributed by atoms with E-state index in [1.165, 1.54) is 25.1 Å². The fraction of sp³-hybridized carbons (Fsp3) is 0.571. The molecule has 1 aliphatic rings. The summed E-state index contributed by atoms with van der Waals surface area (Å²) < 4.78 is 1.01. The number of nitrogen functional groups attached to an aromatic ring is 1. The quantitative estimate of drug-likeness (QED) is 0.846. The topological polar surface area (TPSA) is 29.3 Å². The average molecular weight is 297 g/mol. The van der Waals surface area contributed by atoms with Crippen molar-refractivity contribution in [3.05, 3.63) is 28.2 Å². The van der Waals surface area contributed by atoms with E-state index in [1.54, 1.807) is 0 Å². The van der Waals surface area contributed by atoms with Gasteiger partial charge in [-0.05, 0) is 58.4 Å². The number of nitrogens with two attached hydrogens (primary N) is 1. The van der Waals surface area contributed by atoms with Gasteiger partial charge in [0.15, 0.2) is 0 Å². The molecule has 3 heteroatoms. The van der Waals surface area contributed by atoms with Gasteiger partial charge in [-0.2, -0.15) is 0 Å². The van der Waals surface area contributed by atoms with Crippen molar-refractivity contribution >= 4 is 21.6 Å². The summed E-state index contributed by atoms with van der Waals surface area (Å²) in [5.41, 5.74) is 7.96. The number of likely N-dealkylation sites (tertiary alicyclic amines) is 1. The van der Waals surface area contributed by atoms with Gasteiger partial charge in [0.2, 0.25) is 0 Å². The summed E-state index contributed by atoms with van der Waals surface area (Å²) in [6.07, 6.45) is 1.32. The third kappa shape index (κ3) is 3.23. The third-order valence-corrected chi connectivity index (χ3v) is 4.58. The molecular formula is C14H21BrN2. The lowest BCUT2D eigenvalue weighted by Crippen LogP contribution is -2.37. The molecule has 1 aromatic carbocycles. The lowest BCUT2D eigenvalue weighted by Gasteiger charge is -2.35. The zero-order valence-electron chi connectivity index (χ0n) is 10.6. The number of hydrogen-bond donors (Lipinski definition) is 1. The maximum atomic E-state index is 5.80. The summed E-state index contributed by atoms with van der Waals surface area (Å²) in [5, 5.41) is 0. The Bertz CT molecular complexity index is 392. The Labute approximate surface area is 112 Å². The van der Waals surface area contributed by atoms with Crippen LogP contribution in [0.1, 0.15) is 25.8 Å². The Hall–Kier alpha value is -0.540. The summed E-state index contributed by atoms with van der Waals surface area (Å²) in [4.78, 5) is 2.54. The maximum Gasteiger partial charge on any atom is 0.0458 e. The highest BCUT2D eigenvalue weighted by atomic mass is 79.9. The molecule has 17 heavy (non-hydrogen) atoms. The molecule has 0 aromatic heterocycles. The zero-order chi connectivity index (χ0) is 12.4. The normalized spacial score (nSPS) is 26.1. The van der Waals surface area contributed by atoms with Gasteiger partial charge in [-0.25, -0.2) is 0 Å². The van der Waals surface area contributed by atoms with Gasteiger partial charge in [0.1, 0.15) is 0 Å². The molecule has 1 fully saturated rings. The molecule has 1 aliphatic heterocycles. The second-order valence-corrected chi connectivity index (χ2v) is 6.19. The minimum absolute atomic E-state index is 0.806. The Morgan fingerprint density at radius 3 is 2.76 bits per heavy atom. The van der Waals surface area contributed by atoms with Crippen LogP contribution in [0.2, 0.25) is 0 Å². The first-order chi connectivity index (χ1) is 8.06. The van der Waals surface area contributed by atoms with Crippen molar-refractivity contribution in [3.8, 4) is 0 Å². The molecule has 1 aromatic rings. The van der Waals surface area contributed by atoms with Crippen LogP contribution < -0.4 is 5.73 Å². The highest BCUT2D eigenvalue weighted by molar-refractivity contribution is 9.10. The Balaban J connectivity index is 1.99. The van der Waals surface area contributed by atoms with Crippen molar-refractivity contribution < 1.29 is 0 Å². The molecule has 0 aliphatic carbocycles. The maximum absolute atomic E-state index is 5.80. The standard InChI is InChI=1S/C14H21BrN2/c1-10-5-6-17(8-11(10)2)9-12-3-4-14(16)13(15)7-12/h3-4,7,10-11H,5-6,8-9,16H2,1-2H3. The van der Waals surface area contributed by atoms with Crippen LogP contribution in [-0.4, -0.2) is 18.0 Å². The highest BCUT2D eigenvalue weighted by Gasteiger charge is 2.22. The molecule has 1 saturated heterocycles. The van der Waals surface area contributed by atoms with Crippen molar-refractivity contribution in [2.45, 2.75) is 26.8 Å². The van der Waals surface area contributed by atoms with Crippen LogP contribution in [0.15, 0.2) is 22.7 Å². The van der Waals surface area contributed by atoms with Crippen LogP contribution in [0.3, 0.4) is 0 Å². The predicted molar refractivity (Wildman–Crippen MR) is 76.8 cm³/mol. The van der Waals surface area contributed by atoms with E-state index in [0.717, 1.165) is 28.5 Å². The van der Waals surface area contributed by atoms with E-state index in [0.29, 0.717) is 0 Å². The van der Waals surface area contributed by atoms with Crippen LogP contribution in [0.5, 0.6) is 0 Å². The van der Waals surface area contributed by atoms with E-state index in [-0.39, 0.29) is 0 Å². The predicted octanol–water partition coefficient (Wildman–Crippen LogP) is 3.51. The number of piperidine rings is 1. The zero-order valence-corrected chi connectivity index (χ0v) is 12.2. The Kier molecular flexibility index (Phi) is 4.10. The Morgan fingerprint density at radius 1 is 1.35 bits per heavy atom. The molecule has 2 nitrogen and oxygen atoms in total. The highest BCUT2D eigenvalue weighted by Crippen LogP contribution is 2.25. The van der Waals surface area contributed by atoms with Gasteiger partial charge < -0.3 is 5.73 Å². The molecule has 0 spiro atoms. The third-order valence-electron chi connectivity index (χ3n) is 3.89. The minimum atomic E-state index is 0.806. The van der Waals surface area contributed by atoms with Gasteiger partial charge in [-0.15, -0.1) is 0 Å². The first-order valence-corrected chi connectivity index (χ1v) is 7.12. The largest absolute Gasteiger partial charge is 0.398 e. The SMILES string of the molecule is CC1CCN(Cc2ccc(N)c(Br)c2)CC1C. The van der Waals surface area contributed by atoms with Crippen molar-refractivity contribution in [2.75, 3.05) is 18.8 Å². The van der Waals surface area contributed by atoms with Crippen LogP contribution >= 0.6 is 15.9 Å². The minimum Gasteiger partial charge on any atom is -0.398 e. The van der Waals surface area contributed by atoms with Crippen molar-refractivity contribution in [2.24, 2.45) is 11.8 Å². The summed E-state index contributed by atoms with van der Waals surface area (Å²) >= 11 is 3.49. The van der Waals surface area contributed by atoms with E-state index < -0.39 is 0 Å². The van der Waals surface area contributed by atoms with Gasteiger partial charge in [0, 0.05) is 23.2 Å². The molecule has 2 unspecified atom stereocenters. The summed E-state index contributed by atoms with van der Waals surface area (Å²) in [6.45, 7) is 8.18. The number of nitrogens with zero attached hydrogens (tertiary/aromatic N) is 1. The average Bonchev–Trinajstić information content (AvgIpc) is 2.29. The van der Waals surface area contributed by atoms with Crippen molar-refractivity contribution in [3.63, 3.8) is 0 Å². The van der Waals surface area contributed by atoms with E-state index >= 15 is 0 Å². The van der Waals surface area contributed by atoms with Gasteiger partial charge in [-0.1, -0.05) is 19.9 Å². The lowest BCUT2D eigenvalue weighted by atomic mass is 9.88. The van der Waals surface area contributed by atoms with E-state index in [1.807, 2.05) is 6.07 Å². The fourth-order valence-electron chi connectivity index (χ4n) is 2.42. The van der Waals surface area contributed by atoms with E-state index in [9.17, 15) is 0 Å². The molecule has 0 radical (unpaired) electrons.